The molecule has 1 aliphatic rings. The zero-order valence-electron chi connectivity index (χ0n) is 14.5. The number of amides is 1. The molecule has 1 aromatic heterocycles. The van der Waals surface area contributed by atoms with Gasteiger partial charge in [0.1, 0.15) is 5.69 Å². The number of aryl methyl sites for hydroxylation is 1. The molecule has 25 heavy (non-hydrogen) atoms. The first-order valence-corrected chi connectivity index (χ1v) is 8.72. The standard InChI is InChI=1S/C21H21N3O/c1-3-13-24-20(16-7-5-4-6-8-16)17-18(22-23-19(17)21(24)25)15-11-9-14(2)10-12-15/h4-12,20H,3,13H2,1-2H3,(H,22,23). The average Bonchev–Trinajstić information content (AvgIpc) is 3.17. The van der Waals surface area contributed by atoms with Crippen molar-refractivity contribution in [2.24, 2.45) is 0 Å². The third kappa shape index (κ3) is 2.54. The van der Waals surface area contributed by atoms with E-state index >= 15 is 0 Å². The van der Waals surface area contributed by atoms with Gasteiger partial charge in [-0.05, 0) is 18.9 Å². The minimum absolute atomic E-state index is 0.0385. The Morgan fingerprint density at radius 2 is 1.80 bits per heavy atom. The molecule has 126 valence electrons. The lowest BCUT2D eigenvalue weighted by Gasteiger charge is -2.26. The van der Waals surface area contributed by atoms with Gasteiger partial charge in [0.2, 0.25) is 0 Å². The van der Waals surface area contributed by atoms with E-state index in [9.17, 15) is 4.79 Å². The fourth-order valence-corrected chi connectivity index (χ4v) is 3.58. The molecule has 1 aliphatic heterocycles. The number of carbonyl (C=O) groups is 1. The normalized spacial score (nSPS) is 16.3. The molecule has 0 saturated carbocycles. The highest BCUT2D eigenvalue weighted by molar-refractivity contribution is 6.00. The molecule has 1 atom stereocenters. The van der Waals surface area contributed by atoms with Crippen molar-refractivity contribution in [1.82, 2.24) is 15.1 Å². The fourth-order valence-electron chi connectivity index (χ4n) is 3.58. The summed E-state index contributed by atoms with van der Waals surface area (Å²) >= 11 is 0. The second-order valence-electron chi connectivity index (χ2n) is 6.54. The van der Waals surface area contributed by atoms with E-state index in [1.165, 1.54) is 5.56 Å². The monoisotopic (exact) mass is 331 g/mol. The van der Waals surface area contributed by atoms with Gasteiger partial charge < -0.3 is 4.90 Å². The van der Waals surface area contributed by atoms with Gasteiger partial charge >= 0.3 is 0 Å². The van der Waals surface area contributed by atoms with Gasteiger partial charge in [-0.2, -0.15) is 5.10 Å². The molecule has 1 unspecified atom stereocenters. The zero-order valence-corrected chi connectivity index (χ0v) is 14.5. The number of fused-ring (bicyclic) bond motifs is 1. The second-order valence-corrected chi connectivity index (χ2v) is 6.54. The van der Waals surface area contributed by atoms with E-state index in [1.54, 1.807) is 0 Å². The van der Waals surface area contributed by atoms with Crippen LogP contribution in [0.25, 0.3) is 11.3 Å². The van der Waals surface area contributed by atoms with E-state index in [4.69, 9.17) is 0 Å². The van der Waals surface area contributed by atoms with Crippen LogP contribution < -0.4 is 0 Å². The Kier molecular flexibility index (Phi) is 3.88. The largest absolute Gasteiger partial charge is 0.326 e. The number of H-pyrrole nitrogens is 1. The smallest absolute Gasteiger partial charge is 0.273 e. The van der Waals surface area contributed by atoms with Gasteiger partial charge in [0.25, 0.3) is 5.91 Å². The lowest BCUT2D eigenvalue weighted by atomic mass is 9.96. The topological polar surface area (TPSA) is 49.0 Å². The Bertz CT molecular complexity index is 897. The summed E-state index contributed by atoms with van der Waals surface area (Å²) in [7, 11) is 0. The maximum absolute atomic E-state index is 12.9. The van der Waals surface area contributed by atoms with Crippen molar-refractivity contribution in [3.8, 4) is 11.3 Å². The van der Waals surface area contributed by atoms with Crippen LogP contribution in [0.3, 0.4) is 0 Å². The summed E-state index contributed by atoms with van der Waals surface area (Å²) in [5, 5.41) is 7.48. The van der Waals surface area contributed by atoms with Crippen molar-refractivity contribution in [3.05, 3.63) is 77.0 Å². The number of hydrogen-bond donors (Lipinski definition) is 1. The highest BCUT2D eigenvalue weighted by Gasteiger charge is 2.41. The van der Waals surface area contributed by atoms with Crippen LogP contribution in [0.15, 0.2) is 54.6 Å². The Morgan fingerprint density at radius 3 is 2.48 bits per heavy atom. The van der Waals surface area contributed by atoms with E-state index in [0.717, 1.165) is 35.3 Å². The first-order chi connectivity index (χ1) is 12.2. The average molecular weight is 331 g/mol. The minimum Gasteiger partial charge on any atom is -0.326 e. The Balaban J connectivity index is 1.88. The van der Waals surface area contributed by atoms with Crippen LogP contribution in [0.2, 0.25) is 0 Å². The molecule has 0 bridgehead atoms. The van der Waals surface area contributed by atoms with Gasteiger partial charge in [-0.3, -0.25) is 9.89 Å². The summed E-state index contributed by atoms with van der Waals surface area (Å²) in [5.41, 5.74) is 5.86. The number of carbonyl (C=O) groups excluding carboxylic acids is 1. The van der Waals surface area contributed by atoms with E-state index in [-0.39, 0.29) is 11.9 Å². The van der Waals surface area contributed by atoms with Gasteiger partial charge in [0, 0.05) is 17.7 Å². The lowest BCUT2D eigenvalue weighted by molar-refractivity contribution is 0.0744. The third-order valence-electron chi connectivity index (χ3n) is 4.77. The summed E-state index contributed by atoms with van der Waals surface area (Å²) in [6, 6.07) is 18.4. The quantitative estimate of drug-likeness (QED) is 0.773. The summed E-state index contributed by atoms with van der Waals surface area (Å²) in [5.74, 6) is 0.0385. The Morgan fingerprint density at radius 1 is 1.08 bits per heavy atom. The number of nitrogens with one attached hydrogen (secondary N) is 1. The van der Waals surface area contributed by atoms with Crippen molar-refractivity contribution in [2.75, 3.05) is 6.54 Å². The zero-order chi connectivity index (χ0) is 17.4. The van der Waals surface area contributed by atoms with Gasteiger partial charge in [-0.1, -0.05) is 67.1 Å². The van der Waals surface area contributed by atoms with E-state index < -0.39 is 0 Å². The third-order valence-corrected chi connectivity index (χ3v) is 4.77. The van der Waals surface area contributed by atoms with E-state index in [1.807, 2.05) is 23.1 Å². The van der Waals surface area contributed by atoms with Gasteiger partial charge in [-0.15, -0.1) is 0 Å². The predicted octanol–water partition coefficient (Wildman–Crippen LogP) is 4.34. The molecule has 1 N–H and O–H groups in total. The van der Waals surface area contributed by atoms with Crippen LogP contribution in [-0.2, 0) is 0 Å². The van der Waals surface area contributed by atoms with Crippen molar-refractivity contribution in [3.63, 3.8) is 0 Å². The van der Waals surface area contributed by atoms with Crippen LogP contribution in [0, 0.1) is 6.92 Å². The molecule has 0 aliphatic carbocycles. The van der Waals surface area contributed by atoms with Crippen molar-refractivity contribution in [1.29, 1.82) is 0 Å². The first-order valence-electron chi connectivity index (χ1n) is 8.72. The van der Waals surface area contributed by atoms with Crippen LogP contribution in [0.5, 0.6) is 0 Å². The number of hydrogen-bond acceptors (Lipinski definition) is 2. The SMILES string of the molecule is CCCN1C(=O)c2[nH]nc(-c3ccc(C)cc3)c2C1c1ccccc1. The second kappa shape index (κ2) is 6.20. The van der Waals surface area contributed by atoms with Gasteiger partial charge in [-0.25, -0.2) is 0 Å². The fraction of sp³-hybridized carbons (Fsp3) is 0.238. The molecule has 3 aromatic rings. The molecular weight excluding hydrogens is 310 g/mol. The van der Waals surface area contributed by atoms with Crippen molar-refractivity contribution in [2.45, 2.75) is 26.3 Å². The van der Waals surface area contributed by atoms with Crippen LogP contribution in [0.4, 0.5) is 0 Å². The maximum atomic E-state index is 12.9. The molecule has 4 nitrogen and oxygen atoms in total. The van der Waals surface area contributed by atoms with Crippen molar-refractivity contribution < 1.29 is 4.79 Å². The molecular formula is C21H21N3O. The van der Waals surface area contributed by atoms with Crippen LogP contribution in [-0.4, -0.2) is 27.5 Å². The number of aromatic nitrogens is 2. The maximum Gasteiger partial charge on any atom is 0.273 e. The lowest BCUT2D eigenvalue weighted by Crippen LogP contribution is -2.30. The summed E-state index contributed by atoms with van der Waals surface area (Å²) in [6.07, 6.45) is 0.923. The van der Waals surface area contributed by atoms with Crippen LogP contribution >= 0.6 is 0 Å². The molecule has 2 heterocycles. The van der Waals surface area contributed by atoms with E-state index in [0.29, 0.717) is 5.69 Å². The first kappa shape index (κ1) is 15.6. The van der Waals surface area contributed by atoms with E-state index in [2.05, 4.69) is 60.4 Å². The summed E-state index contributed by atoms with van der Waals surface area (Å²) < 4.78 is 0. The Hall–Kier alpha value is -2.88. The molecule has 0 spiro atoms. The summed E-state index contributed by atoms with van der Waals surface area (Å²) in [4.78, 5) is 14.9. The molecule has 0 fully saturated rings. The highest BCUT2D eigenvalue weighted by Crippen LogP contribution is 2.42. The highest BCUT2D eigenvalue weighted by atomic mass is 16.2. The Labute approximate surface area is 147 Å². The van der Waals surface area contributed by atoms with Gasteiger partial charge in [0.05, 0.1) is 11.7 Å². The molecule has 1 amide bonds. The molecule has 2 aromatic carbocycles. The molecule has 4 rings (SSSR count). The predicted molar refractivity (Wildman–Crippen MR) is 98.4 cm³/mol. The van der Waals surface area contributed by atoms with Crippen LogP contribution in [0.1, 0.15) is 46.6 Å². The minimum atomic E-state index is -0.0845. The number of rotatable bonds is 4. The number of aromatic amines is 1. The molecule has 4 heteroatoms. The molecule has 0 radical (unpaired) electrons. The number of benzene rings is 2. The molecule has 0 saturated heterocycles. The summed E-state index contributed by atoms with van der Waals surface area (Å²) in [6.45, 7) is 4.90. The number of nitrogens with zero attached hydrogens (tertiary/aromatic N) is 2. The van der Waals surface area contributed by atoms with Gasteiger partial charge in [0.15, 0.2) is 0 Å². The van der Waals surface area contributed by atoms with Crippen molar-refractivity contribution >= 4 is 5.91 Å².